The van der Waals surface area contributed by atoms with Gasteiger partial charge in [-0.25, -0.2) is 9.18 Å². The Morgan fingerprint density at radius 3 is 2.61 bits per heavy atom. The number of rotatable bonds is 5. The van der Waals surface area contributed by atoms with Crippen LogP contribution < -0.4 is 10.6 Å². The number of amides is 2. The van der Waals surface area contributed by atoms with E-state index in [0.29, 0.717) is 22.9 Å². The molecule has 2 heterocycles. The third kappa shape index (κ3) is 4.67. The highest BCUT2D eigenvalue weighted by atomic mass is 35.5. The van der Waals surface area contributed by atoms with E-state index in [1.165, 1.54) is 0 Å². The SMILES string of the molecule is CCn1cc(C2C=CC=C(NC(=O)Nc3ccc(Cl)cc3)C2F)c(-c2ccncc2)n1. The normalized spacial score (nSPS) is 17.8. The van der Waals surface area contributed by atoms with E-state index in [2.05, 4.69) is 20.7 Å². The minimum Gasteiger partial charge on any atom is -0.308 e. The molecule has 1 aliphatic carbocycles. The van der Waals surface area contributed by atoms with E-state index >= 15 is 4.39 Å². The molecule has 2 N–H and O–H groups in total. The summed E-state index contributed by atoms with van der Waals surface area (Å²) in [4.78, 5) is 16.4. The third-order valence-corrected chi connectivity index (χ3v) is 5.25. The van der Waals surface area contributed by atoms with E-state index < -0.39 is 18.1 Å². The quantitative estimate of drug-likeness (QED) is 0.567. The number of carbonyl (C=O) groups is 1. The molecule has 1 aliphatic rings. The van der Waals surface area contributed by atoms with Crippen LogP contribution in [-0.2, 0) is 6.54 Å². The van der Waals surface area contributed by atoms with E-state index in [-0.39, 0.29) is 5.70 Å². The lowest BCUT2D eigenvalue weighted by atomic mass is 9.88. The van der Waals surface area contributed by atoms with Crippen molar-refractivity contribution in [2.75, 3.05) is 5.32 Å². The second kappa shape index (κ2) is 9.14. The highest BCUT2D eigenvalue weighted by molar-refractivity contribution is 6.30. The van der Waals surface area contributed by atoms with Crippen LogP contribution in [0, 0.1) is 0 Å². The maximum atomic E-state index is 15.5. The topological polar surface area (TPSA) is 71.8 Å². The average Bonchev–Trinajstić information content (AvgIpc) is 3.22. The van der Waals surface area contributed by atoms with Gasteiger partial charge in [0.25, 0.3) is 0 Å². The van der Waals surface area contributed by atoms with Crippen LogP contribution in [0.1, 0.15) is 18.4 Å². The van der Waals surface area contributed by atoms with Gasteiger partial charge in [0.2, 0.25) is 0 Å². The maximum absolute atomic E-state index is 15.5. The average molecular weight is 438 g/mol. The molecule has 6 nitrogen and oxygen atoms in total. The number of carbonyl (C=O) groups excluding carboxylic acids is 1. The Morgan fingerprint density at radius 1 is 1.16 bits per heavy atom. The minimum atomic E-state index is -1.43. The van der Waals surface area contributed by atoms with Crippen molar-refractivity contribution in [2.45, 2.75) is 25.6 Å². The van der Waals surface area contributed by atoms with Gasteiger partial charge in [0.1, 0.15) is 0 Å². The van der Waals surface area contributed by atoms with Crippen LogP contribution in [0.2, 0.25) is 5.02 Å². The van der Waals surface area contributed by atoms with Crippen molar-refractivity contribution in [3.8, 4) is 11.3 Å². The number of urea groups is 1. The largest absolute Gasteiger partial charge is 0.323 e. The molecule has 4 rings (SSSR count). The van der Waals surface area contributed by atoms with E-state index in [1.807, 2.05) is 25.3 Å². The van der Waals surface area contributed by atoms with Crippen molar-refractivity contribution in [3.05, 3.63) is 89.5 Å². The summed E-state index contributed by atoms with van der Waals surface area (Å²) in [6, 6.07) is 9.85. The van der Waals surface area contributed by atoms with Gasteiger partial charge in [-0.1, -0.05) is 23.8 Å². The number of nitrogens with one attached hydrogen (secondary N) is 2. The number of halogens is 2. The number of allylic oxidation sites excluding steroid dienone is 4. The molecule has 0 saturated carbocycles. The summed E-state index contributed by atoms with van der Waals surface area (Å²) in [6.07, 6.45) is 8.89. The predicted octanol–water partition coefficient (Wildman–Crippen LogP) is 5.32. The Labute approximate surface area is 184 Å². The van der Waals surface area contributed by atoms with Crippen LogP contribution in [0.25, 0.3) is 11.3 Å². The zero-order valence-corrected chi connectivity index (χ0v) is 17.6. The Bertz CT molecular complexity index is 1120. The first kappa shape index (κ1) is 20.8. The smallest absolute Gasteiger partial charge is 0.308 e. The molecule has 0 radical (unpaired) electrons. The number of alkyl halides is 1. The van der Waals surface area contributed by atoms with Gasteiger partial charge in [-0.15, -0.1) is 0 Å². The molecule has 2 amide bonds. The third-order valence-electron chi connectivity index (χ3n) is 4.99. The molecule has 0 aliphatic heterocycles. The van der Waals surface area contributed by atoms with Crippen LogP contribution in [-0.4, -0.2) is 27.0 Å². The molecule has 1 aromatic carbocycles. The van der Waals surface area contributed by atoms with Crippen molar-refractivity contribution in [1.29, 1.82) is 0 Å². The van der Waals surface area contributed by atoms with Crippen molar-refractivity contribution in [2.24, 2.45) is 0 Å². The second-order valence-electron chi connectivity index (χ2n) is 7.05. The van der Waals surface area contributed by atoms with Gasteiger partial charge in [-0.05, 0) is 49.4 Å². The van der Waals surface area contributed by atoms with Crippen LogP contribution in [0.4, 0.5) is 14.9 Å². The van der Waals surface area contributed by atoms with Crippen molar-refractivity contribution in [1.82, 2.24) is 20.1 Å². The van der Waals surface area contributed by atoms with E-state index in [4.69, 9.17) is 11.6 Å². The summed E-state index contributed by atoms with van der Waals surface area (Å²) in [7, 11) is 0. The van der Waals surface area contributed by atoms with Crippen molar-refractivity contribution < 1.29 is 9.18 Å². The van der Waals surface area contributed by atoms with Crippen molar-refractivity contribution >= 4 is 23.3 Å². The molecule has 0 spiro atoms. The van der Waals surface area contributed by atoms with Gasteiger partial charge in [0.15, 0.2) is 6.17 Å². The van der Waals surface area contributed by atoms with Gasteiger partial charge in [-0.2, -0.15) is 5.10 Å². The lowest BCUT2D eigenvalue weighted by Gasteiger charge is -2.24. The molecule has 8 heteroatoms. The fraction of sp³-hybridized carbons (Fsp3) is 0.174. The number of aromatic nitrogens is 3. The number of benzene rings is 1. The molecule has 2 atom stereocenters. The Kier molecular flexibility index (Phi) is 6.13. The van der Waals surface area contributed by atoms with E-state index in [9.17, 15) is 4.79 Å². The minimum absolute atomic E-state index is 0.184. The Hall–Kier alpha value is -3.45. The fourth-order valence-corrected chi connectivity index (χ4v) is 3.56. The summed E-state index contributed by atoms with van der Waals surface area (Å²) in [5.74, 6) is -0.584. The molecule has 0 bridgehead atoms. The van der Waals surface area contributed by atoms with Crippen LogP contribution in [0.5, 0.6) is 0 Å². The number of aryl methyl sites for hydroxylation is 1. The standard InChI is InChI=1S/C23H21ClFN5O/c1-2-30-14-19(22(29-30)15-10-12-26-13-11-15)18-4-3-5-20(21(18)25)28-23(31)27-17-8-6-16(24)7-9-17/h3-14,18,21H,2H2,1H3,(H2,27,28,31). The molecule has 3 aromatic rings. The molecule has 2 unspecified atom stereocenters. The number of pyridine rings is 1. The highest BCUT2D eigenvalue weighted by Crippen LogP contribution is 2.36. The summed E-state index contributed by atoms with van der Waals surface area (Å²) in [5, 5.41) is 10.5. The van der Waals surface area contributed by atoms with Gasteiger partial charge in [0, 0.05) is 52.9 Å². The molecular formula is C23H21ClFN5O. The summed E-state index contributed by atoms with van der Waals surface area (Å²) < 4.78 is 17.3. The molecule has 0 saturated heterocycles. The van der Waals surface area contributed by atoms with Gasteiger partial charge >= 0.3 is 6.03 Å². The summed E-state index contributed by atoms with van der Waals surface area (Å²) >= 11 is 5.86. The summed E-state index contributed by atoms with van der Waals surface area (Å²) in [6.45, 7) is 2.64. The molecule has 158 valence electrons. The first-order valence-electron chi connectivity index (χ1n) is 9.89. The molecule has 31 heavy (non-hydrogen) atoms. The number of hydrogen-bond donors (Lipinski definition) is 2. The van der Waals surface area contributed by atoms with Gasteiger partial charge in [-0.3, -0.25) is 9.67 Å². The van der Waals surface area contributed by atoms with E-state index in [1.54, 1.807) is 59.6 Å². The first-order valence-corrected chi connectivity index (χ1v) is 10.3. The van der Waals surface area contributed by atoms with Crippen molar-refractivity contribution in [3.63, 3.8) is 0 Å². The lowest BCUT2D eigenvalue weighted by molar-refractivity contribution is 0.250. The number of hydrogen-bond acceptors (Lipinski definition) is 3. The monoisotopic (exact) mass is 437 g/mol. The Balaban J connectivity index is 1.54. The highest BCUT2D eigenvalue weighted by Gasteiger charge is 2.31. The maximum Gasteiger partial charge on any atom is 0.323 e. The van der Waals surface area contributed by atoms with Crippen LogP contribution >= 0.6 is 11.6 Å². The van der Waals surface area contributed by atoms with E-state index in [0.717, 1.165) is 11.1 Å². The summed E-state index contributed by atoms with van der Waals surface area (Å²) in [5.41, 5.74) is 3.06. The predicted molar refractivity (Wildman–Crippen MR) is 120 cm³/mol. The number of nitrogens with zero attached hydrogens (tertiary/aromatic N) is 3. The lowest BCUT2D eigenvalue weighted by Crippen LogP contribution is -2.34. The van der Waals surface area contributed by atoms with Crippen LogP contribution in [0.3, 0.4) is 0 Å². The van der Waals surface area contributed by atoms with Gasteiger partial charge in [0.05, 0.1) is 11.4 Å². The second-order valence-corrected chi connectivity index (χ2v) is 7.48. The zero-order chi connectivity index (χ0) is 21.8. The fourth-order valence-electron chi connectivity index (χ4n) is 3.44. The van der Waals surface area contributed by atoms with Crippen LogP contribution in [0.15, 0.2) is 78.9 Å². The Morgan fingerprint density at radius 2 is 1.90 bits per heavy atom. The molecular weight excluding hydrogens is 417 g/mol. The number of anilines is 1. The zero-order valence-electron chi connectivity index (χ0n) is 16.8. The molecule has 2 aromatic heterocycles. The first-order chi connectivity index (χ1) is 15.0. The molecule has 0 fully saturated rings. The van der Waals surface area contributed by atoms with Gasteiger partial charge < -0.3 is 10.6 Å².